The molecule has 4 nitrogen and oxygen atoms in total. The van der Waals surface area contributed by atoms with Crippen LogP contribution in [0.15, 0.2) is 30.5 Å². The zero-order chi connectivity index (χ0) is 13.1. The van der Waals surface area contributed by atoms with E-state index in [0.29, 0.717) is 6.42 Å². The Morgan fingerprint density at radius 2 is 2.06 bits per heavy atom. The van der Waals surface area contributed by atoms with Crippen molar-refractivity contribution in [2.75, 3.05) is 5.32 Å². The van der Waals surface area contributed by atoms with Crippen molar-refractivity contribution < 1.29 is 10.2 Å². The number of anilines is 1. The maximum absolute atomic E-state index is 9.54. The zero-order valence-electron chi connectivity index (χ0n) is 10.6. The van der Waals surface area contributed by atoms with E-state index in [2.05, 4.69) is 10.3 Å². The highest BCUT2D eigenvalue weighted by molar-refractivity contribution is 5.92. The Morgan fingerprint density at radius 3 is 2.78 bits per heavy atom. The number of nitrogens with zero attached hydrogens (tertiary/aromatic N) is 1. The number of pyridine rings is 1. The van der Waals surface area contributed by atoms with Crippen LogP contribution in [0.25, 0.3) is 10.8 Å². The van der Waals surface area contributed by atoms with Gasteiger partial charge in [-0.15, -0.1) is 0 Å². The Morgan fingerprint density at radius 1 is 1.28 bits per heavy atom. The standard InChI is InChI=1S/C14H18N2O2/c1-9(7-10(2)17)16-14-13-8-12(18)4-3-11(13)5-6-15-14/h3-6,8-10,17-18H,7H2,1-2H3,(H,15,16). The predicted octanol–water partition coefficient (Wildman–Crippen LogP) is 2.51. The molecule has 2 atom stereocenters. The fourth-order valence-electron chi connectivity index (χ4n) is 2.08. The molecule has 0 saturated carbocycles. The van der Waals surface area contributed by atoms with Crippen LogP contribution in [-0.2, 0) is 0 Å². The summed E-state index contributed by atoms with van der Waals surface area (Å²) in [7, 11) is 0. The smallest absolute Gasteiger partial charge is 0.134 e. The van der Waals surface area contributed by atoms with Crippen molar-refractivity contribution in [3.05, 3.63) is 30.5 Å². The van der Waals surface area contributed by atoms with Crippen molar-refractivity contribution >= 4 is 16.6 Å². The Kier molecular flexibility index (Phi) is 3.67. The summed E-state index contributed by atoms with van der Waals surface area (Å²) in [4.78, 5) is 4.29. The van der Waals surface area contributed by atoms with E-state index in [4.69, 9.17) is 0 Å². The normalized spacial score (nSPS) is 14.4. The lowest BCUT2D eigenvalue weighted by atomic mass is 10.1. The lowest BCUT2D eigenvalue weighted by molar-refractivity contribution is 0.179. The maximum atomic E-state index is 9.54. The number of aliphatic hydroxyl groups excluding tert-OH is 1. The third-order valence-electron chi connectivity index (χ3n) is 2.83. The number of benzene rings is 1. The van der Waals surface area contributed by atoms with Crippen LogP contribution < -0.4 is 5.32 Å². The average molecular weight is 246 g/mol. The number of rotatable bonds is 4. The Hall–Kier alpha value is -1.81. The van der Waals surface area contributed by atoms with E-state index in [0.717, 1.165) is 16.6 Å². The Bertz CT molecular complexity index is 540. The van der Waals surface area contributed by atoms with Crippen molar-refractivity contribution in [3.63, 3.8) is 0 Å². The first kappa shape index (κ1) is 12.6. The number of phenolic OH excluding ortho intramolecular Hbond substituents is 1. The number of nitrogens with one attached hydrogen (secondary N) is 1. The molecule has 0 aliphatic heterocycles. The van der Waals surface area contributed by atoms with E-state index >= 15 is 0 Å². The van der Waals surface area contributed by atoms with E-state index in [-0.39, 0.29) is 17.9 Å². The molecule has 1 aromatic heterocycles. The van der Waals surface area contributed by atoms with Gasteiger partial charge in [0.2, 0.25) is 0 Å². The van der Waals surface area contributed by atoms with Crippen LogP contribution in [0.5, 0.6) is 5.75 Å². The molecule has 0 aliphatic carbocycles. The summed E-state index contributed by atoms with van der Waals surface area (Å²) in [5.74, 6) is 0.957. The molecule has 0 aliphatic rings. The topological polar surface area (TPSA) is 65.4 Å². The van der Waals surface area contributed by atoms with Crippen LogP contribution in [0.3, 0.4) is 0 Å². The van der Waals surface area contributed by atoms with Gasteiger partial charge in [0, 0.05) is 17.6 Å². The van der Waals surface area contributed by atoms with Crippen LogP contribution >= 0.6 is 0 Å². The minimum absolute atomic E-state index is 0.116. The minimum Gasteiger partial charge on any atom is -0.508 e. The highest BCUT2D eigenvalue weighted by Crippen LogP contribution is 2.25. The van der Waals surface area contributed by atoms with Gasteiger partial charge in [0.05, 0.1) is 6.10 Å². The summed E-state index contributed by atoms with van der Waals surface area (Å²) in [6, 6.07) is 7.23. The van der Waals surface area contributed by atoms with Gasteiger partial charge in [0.15, 0.2) is 0 Å². The molecule has 0 bridgehead atoms. The molecule has 18 heavy (non-hydrogen) atoms. The number of hydrogen-bond donors (Lipinski definition) is 3. The number of fused-ring (bicyclic) bond motifs is 1. The fraction of sp³-hybridized carbons (Fsp3) is 0.357. The van der Waals surface area contributed by atoms with Gasteiger partial charge in [-0.05, 0) is 43.9 Å². The highest BCUT2D eigenvalue weighted by Gasteiger charge is 2.09. The van der Waals surface area contributed by atoms with E-state index in [1.165, 1.54) is 0 Å². The molecule has 2 rings (SSSR count). The van der Waals surface area contributed by atoms with Crippen LogP contribution in [0.2, 0.25) is 0 Å². The quantitative estimate of drug-likeness (QED) is 0.775. The molecule has 4 heteroatoms. The molecule has 1 heterocycles. The van der Waals surface area contributed by atoms with Gasteiger partial charge in [-0.3, -0.25) is 0 Å². The molecule has 3 N–H and O–H groups in total. The minimum atomic E-state index is -0.351. The zero-order valence-corrected chi connectivity index (χ0v) is 10.6. The lowest BCUT2D eigenvalue weighted by Crippen LogP contribution is -2.21. The largest absolute Gasteiger partial charge is 0.508 e. The second-order valence-corrected chi connectivity index (χ2v) is 4.70. The van der Waals surface area contributed by atoms with Gasteiger partial charge in [0.25, 0.3) is 0 Å². The molecule has 96 valence electrons. The number of hydrogen-bond acceptors (Lipinski definition) is 4. The van der Waals surface area contributed by atoms with Gasteiger partial charge < -0.3 is 15.5 Å². The van der Waals surface area contributed by atoms with Crippen molar-refractivity contribution in [2.45, 2.75) is 32.4 Å². The first-order valence-electron chi connectivity index (χ1n) is 6.08. The van der Waals surface area contributed by atoms with Crippen LogP contribution in [0.4, 0.5) is 5.82 Å². The fourth-order valence-corrected chi connectivity index (χ4v) is 2.08. The van der Waals surface area contributed by atoms with Gasteiger partial charge in [-0.25, -0.2) is 4.98 Å². The monoisotopic (exact) mass is 246 g/mol. The molecule has 2 aromatic rings. The Labute approximate surface area is 106 Å². The number of aromatic hydroxyl groups is 1. The predicted molar refractivity (Wildman–Crippen MR) is 72.8 cm³/mol. The van der Waals surface area contributed by atoms with Crippen LogP contribution in [0, 0.1) is 0 Å². The third kappa shape index (κ3) is 2.90. The summed E-state index contributed by atoms with van der Waals surface area (Å²) in [6.45, 7) is 3.76. The van der Waals surface area contributed by atoms with Gasteiger partial charge in [-0.1, -0.05) is 6.07 Å². The number of aromatic nitrogens is 1. The number of phenols is 1. The van der Waals surface area contributed by atoms with Gasteiger partial charge >= 0.3 is 0 Å². The van der Waals surface area contributed by atoms with Crippen LogP contribution in [-0.4, -0.2) is 27.3 Å². The lowest BCUT2D eigenvalue weighted by Gasteiger charge is -2.17. The molecular weight excluding hydrogens is 228 g/mol. The van der Waals surface area contributed by atoms with Crippen LogP contribution in [0.1, 0.15) is 20.3 Å². The molecule has 2 unspecified atom stereocenters. The third-order valence-corrected chi connectivity index (χ3v) is 2.83. The van der Waals surface area contributed by atoms with Crippen molar-refractivity contribution in [1.29, 1.82) is 0 Å². The highest BCUT2D eigenvalue weighted by atomic mass is 16.3. The van der Waals surface area contributed by atoms with Gasteiger partial charge in [-0.2, -0.15) is 0 Å². The number of aliphatic hydroxyl groups is 1. The second kappa shape index (κ2) is 5.23. The summed E-state index contributed by atoms with van der Waals surface area (Å²) in [5, 5.41) is 24.1. The summed E-state index contributed by atoms with van der Waals surface area (Å²) >= 11 is 0. The van der Waals surface area contributed by atoms with E-state index < -0.39 is 0 Å². The molecule has 0 radical (unpaired) electrons. The summed E-state index contributed by atoms with van der Waals surface area (Å²) < 4.78 is 0. The molecule has 0 fully saturated rings. The molecule has 1 aromatic carbocycles. The maximum Gasteiger partial charge on any atom is 0.134 e. The molecule has 0 spiro atoms. The molecular formula is C14H18N2O2. The van der Waals surface area contributed by atoms with E-state index in [9.17, 15) is 10.2 Å². The second-order valence-electron chi connectivity index (χ2n) is 4.70. The summed E-state index contributed by atoms with van der Waals surface area (Å²) in [6.07, 6.45) is 2.03. The first-order chi connectivity index (χ1) is 8.56. The Balaban J connectivity index is 2.30. The van der Waals surface area contributed by atoms with E-state index in [1.54, 1.807) is 25.3 Å². The average Bonchev–Trinajstić information content (AvgIpc) is 2.28. The van der Waals surface area contributed by atoms with Crippen molar-refractivity contribution in [1.82, 2.24) is 4.98 Å². The van der Waals surface area contributed by atoms with E-state index in [1.807, 2.05) is 19.1 Å². The first-order valence-corrected chi connectivity index (χ1v) is 6.08. The van der Waals surface area contributed by atoms with Crippen molar-refractivity contribution in [3.8, 4) is 5.75 Å². The summed E-state index contributed by atoms with van der Waals surface area (Å²) in [5.41, 5.74) is 0. The van der Waals surface area contributed by atoms with Gasteiger partial charge in [0.1, 0.15) is 11.6 Å². The SMILES string of the molecule is CC(O)CC(C)Nc1nccc2ccc(O)cc12. The molecule has 0 amide bonds. The van der Waals surface area contributed by atoms with Crippen molar-refractivity contribution in [2.24, 2.45) is 0 Å². The molecule has 0 saturated heterocycles.